The van der Waals surface area contributed by atoms with Crippen molar-refractivity contribution in [2.45, 2.75) is 46.3 Å². The highest BCUT2D eigenvalue weighted by Crippen LogP contribution is 2.32. The van der Waals surface area contributed by atoms with Gasteiger partial charge in [0.15, 0.2) is 0 Å². The predicted octanol–water partition coefficient (Wildman–Crippen LogP) is 7.93. The van der Waals surface area contributed by atoms with E-state index in [2.05, 4.69) is 60.8 Å². The summed E-state index contributed by atoms with van der Waals surface area (Å²) < 4.78 is 5.48. The van der Waals surface area contributed by atoms with E-state index in [9.17, 15) is 4.79 Å². The SMILES string of the molecule is Cc1ccc(-c2cc(CCN[C@H](C)c3cccc(Cl)c3)cc3ccccc23)cc1C(=O)OC(C)C. The van der Waals surface area contributed by atoms with Crippen molar-refractivity contribution < 1.29 is 9.53 Å². The fourth-order valence-electron chi connectivity index (χ4n) is 4.37. The minimum atomic E-state index is -0.279. The number of halogens is 1. The van der Waals surface area contributed by atoms with Crippen LogP contribution in [0.1, 0.15) is 53.9 Å². The summed E-state index contributed by atoms with van der Waals surface area (Å²) in [5, 5.41) is 6.73. The van der Waals surface area contributed by atoms with Crippen molar-refractivity contribution in [1.82, 2.24) is 5.32 Å². The Morgan fingerprint density at radius 2 is 1.74 bits per heavy atom. The molecule has 0 aromatic heterocycles. The molecule has 1 atom stereocenters. The van der Waals surface area contributed by atoms with E-state index in [1.807, 2.05) is 51.1 Å². The summed E-state index contributed by atoms with van der Waals surface area (Å²) in [5.74, 6) is -0.279. The van der Waals surface area contributed by atoms with Crippen LogP contribution in [-0.2, 0) is 11.2 Å². The number of carbonyl (C=O) groups is 1. The van der Waals surface area contributed by atoms with E-state index < -0.39 is 0 Å². The number of carbonyl (C=O) groups excluding carboxylic acids is 1. The van der Waals surface area contributed by atoms with Crippen LogP contribution in [0.25, 0.3) is 21.9 Å². The number of benzene rings is 4. The molecule has 0 radical (unpaired) electrons. The molecular weight excluding hydrogens is 454 g/mol. The molecule has 0 aliphatic rings. The number of esters is 1. The van der Waals surface area contributed by atoms with Gasteiger partial charge in [0.25, 0.3) is 0 Å². The number of hydrogen-bond donors (Lipinski definition) is 1. The highest BCUT2D eigenvalue weighted by atomic mass is 35.5. The maximum Gasteiger partial charge on any atom is 0.338 e. The third-order valence-corrected chi connectivity index (χ3v) is 6.48. The summed E-state index contributed by atoms with van der Waals surface area (Å²) in [7, 11) is 0. The number of aryl methyl sites for hydroxylation is 1. The van der Waals surface area contributed by atoms with Crippen LogP contribution < -0.4 is 5.32 Å². The zero-order chi connectivity index (χ0) is 24.9. The van der Waals surface area contributed by atoms with Crippen LogP contribution in [0.3, 0.4) is 0 Å². The van der Waals surface area contributed by atoms with Crippen LogP contribution in [0.15, 0.2) is 78.9 Å². The van der Waals surface area contributed by atoms with Crippen molar-refractivity contribution in [1.29, 1.82) is 0 Å². The lowest BCUT2D eigenvalue weighted by molar-refractivity contribution is 0.0377. The lowest BCUT2D eigenvalue weighted by atomic mass is 9.92. The molecule has 0 unspecified atom stereocenters. The summed E-state index contributed by atoms with van der Waals surface area (Å²) in [4.78, 5) is 12.7. The highest BCUT2D eigenvalue weighted by Gasteiger charge is 2.15. The van der Waals surface area contributed by atoms with Gasteiger partial charge in [0.2, 0.25) is 0 Å². The maximum absolute atomic E-state index is 12.7. The van der Waals surface area contributed by atoms with Crippen LogP contribution in [0.5, 0.6) is 0 Å². The monoisotopic (exact) mass is 485 g/mol. The predicted molar refractivity (Wildman–Crippen MR) is 146 cm³/mol. The average molecular weight is 486 g/mol. The Kier molecular flexibility index (Phi) is 7.90. The van der Waals surface area contributed by atoms with Gasteiger partial charge in [0.05, 0.1) is 11.7 Å². The number of hydrogen-bond acceptors (Lipinski definition) is 3. The molecule has 1 N–H and O–H groups in total. The smallest absolute Gasteiger partial charge is 0.338 e. The minimum Gasteiger partial charge on any atom is -0.459 e. The van der Waals surface area contributed by atoms with Gasteiger partial charge in [-0.15, -0.1) is 0 Å². The Hall–Kier alpha value is -3.14. The first-order chi connectivity index (χ1) is 16.8. The fourth-order valence-corrected chi connectivity index (χ4v) is 4.57. The minimum absolute atomic E-state index is 0.156. The third kappa shape index (κ3) is 6.11. The van der Waals surface area contributed by atoms with Gasteiger partial charge in [-0.25, -0.2) is 4.79 Å². The first-order valence-corrected chi connectivity index (χ1v) is 12.5. The van der Waals surface area contributed by atoms with Gasteiger partial charge in [-0.1, -0.05) is 72.3 Å². The molecule has 4 aromatic carbocycles. The molecule has 0 bridgehead atoms. The van der Waals surface area contributed by atoms with Crippen LogP contribution >= 0.6 is 11.6 Å². The first-order valence-electron chi connectivity index (χ1n) is 12.1. The number of ether oxygens (including phenoxy) is 1. The van der Waals surface area contributed by atoms with Gasteiger partial charge >= 0.3 is 5.97 Å². The van der Waals surface area contributed by atoms with Crippen molar-refractivity contribution in [2.75, 3.05) is 6.54 Å². The summed E-state index contributed by atoms with van der Waals surface area (Å²) in [6.07, 6.45) is 0.730. The van der Waals surface area contributed by atoms with Crippen molar-refractivity contribution in [3.05, 3.63) is 106 Å². The molecule has 35 heavy (non-hydrogen) atoms. The Bertz CT molecular complexity index is 1350. The van der Waals surface area contributed by atoms with Gasteiger partial charge < -0.3 is 10.1 Å². The van der Waals surface area contributed by atoms with E-state index in [0.29, 0.717) is 5.56 Å². The molecule has 0 saturated carbocycles. The zero-order valence-corrected chi connectivity index (χ0v) is 21.5. The van der Waals surface area contributed by atoms with E-state index in [1.165, 1.54) is 21.9 Å². The molecule has 0 aliphatic heterocycles. The van der Waals surface area contributed by atoms with E-state index in [4.69, 9.17) is 16.3 Å². The largest absolute Gasteiger partial charge is 0.459 e. The number of nitrogens with one attached hydrogen (secondary N) is 1. The fraction of sp³-hybridized carbons (Fsp3) is 0.258. The standard InChI is InChI=1S/C31H32ClNO2/c1-20(2)35-31(34)29-19-26(13-12-21(29)3)30-17-23(16-25-8-5-6-11-28(25)30)14-15-33-22(4)24-9-7-10-27(32)18-24/h5-13,16-20,22,33H,14-15H2,1-4H3/t22-/m1/s1. The molecular formula is C31H32ClNO2. The normalized spacial score (nSPS) is 12.2. The summed E-state index contributed by atoms with van der Waals surface area (Å²) >= 11 is 6.16. The average Bonchev–Trinajstić information content (AvgIpc) is 2.83. The molecule has 0 heterocycles. The lowest BCUT2D eigenvalue weighted by Crippen LogP contribution is -2.21. The summed E-state index contributed by atoms with van der Waals surface area (Å²) in [5.41, 5.74) is 6.10. The molecule has 0 aliphatic carbocycles. The molecule has 4 heteroatoms. The van der Waals surface area contributed by atoms with Gasteiger partial charge in [-0.3, -0.25) is 0 Å². The molecule has 0 spiro atoms. The summed E-state index contributed by atoms with van der Waals surface area (Å²) in [6.45, 7) is 8.68. The number of rotatable bonds is 8. The molecule has 0 amide bonds. The molecule has 180 valence electrons. The lowest BCUT2D eigenvalue weighted by Gasteiger charge is -2.16. The Balaban J connectivity index is 1.61. The van der Waals surface area contributed by atoms with Gasteiger partial charge in [0.1, 0.15) is 0 Å². The van der Waals surface area contributed by atoms with Crippen molar-refractivity contribution >= 4 is 28.3 Å². The number of fused-ring (bicyclic) bond motifs is 1. The maximum atomic E-state index is 12.7. The van der Waals surface area contributed by atoms with E-state index >= 15 is 0 Å². The van der Waals surface area contributed by atoms with E-state index in [-0.39, 0.29) is 18.1 Å². The molecule has 3 nitrogen and oxygen atoms in total. The second-order valence-electron chi connectivity index (χ2n) is 9.33. The summed E-state index contributed by atoms with van der Waals surface area (Å²) in [6, 6.07) is 27.2. The Labute approximate surface area is 213 Å². The van der Waals surface area contributed by atoms with Crippen molar-refractivity contribution in [2.24, 2.45) is 0 Å². The third-order valence-electron chi connectivity index (χ3n) is 6.25. The van der Waals surface area contributed by atoms with Crippen LogP contribution in [0, 0.1) is 6.92 Å². The second kappa shape index (κ2) is 11.1. The quantitative estimate of drug-likeness (QED) is 0.257. The van der Waals surface area contributed by atoms with Crippen LogP contribution in [-0.4, -0.2) is 18.6 Å². The first kappa shape index (κ1) is 25.0. The zero-order valence-electron chi connectivity index (χ0n) is 20.8. The Morgan fingerprint density at radius 3 is 2.51 bits per heavy atom. The van der Waals surface area contributed by atoms with Crippen molar-refractivity contribution in [3.8, 4) is 11.1 Å². The molecule has 4 rings (SSSR count). The molecule has 0 saturated heterocycles. The van der Waals surface area contributed by atoms with Gasteiger partial charge in [-0.05, 0) is 97.4 Å². The van der Waals surface area contributed by atoms with Crippen LogP contribution in [0.4, 0.5) is 0 Å². The second-order valence-corrected chi connectivity index (χ2v) is 9.77. The van der Waals surface area contributed by atoms with E-state index in [0.717, 1.165) is 34.7 Å². The topological polar surface area (TPSA) is 38.3 Å². The van der Waals surface area contributed by atoms with Crippen LogP contribution in [0.2, 0.25) is 5.02 Å². The highest BCUT2D eigenvalue weighted by molar-refractivity contribution is 6.30. The van der Waals surface area contributed by atoms with Crippen molar-refractivity contribution in [3.63, 3.8) is 0 Å². The Morgan fingerprint density at radius 1 is 0.943 bits per heavy atom. The van der Waals surface area contributed by atoms with Gasteiger partial charge in [-0.2, -0.15) is 0 Å². The molecule has 4 aromatic rings. The molecule has 0 fully saturated rings. The van der Waals surface area contributed by atoms with Gasteiger partial charge in [0, 0.05) is 11.1 Å². The van der Waals surface area contributed by atoms with E-state index in [1.54, 1.807) is 0 Å².